The van der Waals surface area contributed by atoms with Crippen molar-refractivity contribution in [3.8, 4) is 0 Å². The normalized spacial score (nSPS) is 13.4. The van der Waals surface area contributed by atoms with Gasteiger partial charge in [-0.3, -0.25) is 0 Å². The second-order valence-corrected chi connectivity index (χ2v) is 2.97. The first kappa shape index (κ1) is 14.0. The molecule has 0 aromatic heterocycles. The number of ether oxygens (including phenoxy) is 1. The maximum Gasteiger partial charge on any atom is 0.422 e. The minimum absolute atomic E-state index is 0.0890. The van der Waals surface area contributed by atoms with Crippen LogP contribution in [0.25, 0.3) is 0 Å². The number of aliphatic hydroxyl groups is 1. The molecule has 0 fully saturated rings. The number of rotatable bonds is 5. The second kappa shape index (κ2) is 6.49. The first-order valence-corrected chi connectivity index (χ1v) is 4.50. The Morgan fingerprint density at radius 2 is 2.13 bits per heavy atom. The fourth-order valence-electron chi connectivity index (χ4n) is 0.743. The van der Waals surface area contributed by atoms with E-state index < -0.39 is 25.0 Å². The van der Waals surface area contributed by atoms with Crippen molar-refractivity contribution in [2.45, 2.75) is 32.0 Å². The Balaban J connectivity index is 3.50. The zero-order valence-electron chi connectivity index (χ0n) is 8.30. The molecular weight excluding hydrogens is 215 g/mol. The van der Waals surface area contributed by atoms with Gasteiger partial charge in [0.2, 0.25) is 0 Å². The van der Waals surface area contributed by atoms with E-state index in [1.807, 2.05) is 0 Å². The number of carbonyl (C=O) groups excluding carboxylic acids is 1. The molecule has 0 radical (unpaired) electrons. The lowest BCUT2D eigenvalue weighted by molar-refractivity contribution is -0.160. The fraction of sp³-hybridized carbons (Fsp3) is 0.875. The average molecular weight is 229 g/mol. The molecule has 0 rings (SSSR count). The van der Waals surface area contributed by atoms with Crippen molar-refractivity contribution in [2.75, 3.05) is 13.2 Å². The summed E-state index contributed by atoms with van der Waals surface area (Å²) in [7, 11) is 0. The molecule has 0 aromatic carbocycles. The van der Waals surface area contributed by atoms with Crippen molar-refractivity contribution in [2.24, 2.45) is 0 Å². The van der Waals surface area contributed by atoms with Gasteiger partial charge in [-0.15, -0.1) is 0 Å². The van der Waals surface area contributed by atoms with Crippen LogP contribution < -0.4 is 5.32 Å². The Bertz CT molecular complexity index is 196. The van der Waals surface area contributed by atoms with Crippen molar-refractivity contribution in [1.29, 1.82) is 0 Å². The van der Waals surface area contributed by atoms with Gasteiger partial charge in [-0.25, -0.2) is 4.79 Å². The predicted molar refractivity (Wildman–Crippen MR) is 46.3 cm³/mol. The summed E-state index contributed by atoms with van der Waals surface area (Å²) >= 11 is 0. The van der Waals surface area contributed by atoms with Gasteiger partial charge >= 0.3 is 12.3 Å². The Labute approximate surface area is 85.4 Å². The maximum absolute atomic E-state index is 11.6. The summed E-state index contributed by atoms with van der Waals surface area (Å²) in [6.45, 7) is 0.244. The highest BCUT2D eigenvalue weighted by atomic mass is 19.4. The van der Waals surface area contributed by atoms with Crippen LogP contribution in [0.4, 0.5) is 18.0 Å². The molecule has 1 amide bonds. The summed E-state index contributed by atoms with van der Waals surface area (Å²) in [5.41, 5.74) is 0. The minimum atomic E-state index is -4.51. The lowest BCUT2D eigenvalue weighted by atomic mass is 10.2. The Kier molecular flexibility index (Phi) is 6.07. The molecule has 1 atom stereocenters. The molecule has 7 heteroatoms. The summed E-state index contributed by atoms with van der Waals surface area (Å²) in [5, 5.41) is 11.2. The van der Waals surface area contributed by atoms with Gasteiger partial charge in [-0.1, -0.05) is 6.92 Å². The summed E-state index contributed by atoms with van der Waals surface area (Å²) in [4.78, 5) is 10.6. The van der Waals surface area contributed by atoms with Gasteiger partial charge in [0, 0.05) is 6.54 Å². The maximum atomic E-state index is 11.6. The quantitative estimate of drug-likeness (QED) is 0.749. The number of amides is 1. The van der Waals surface area contributed by atoms with E-state index in [-0.39, 0.29) is 13.0 Å². The monoisotopic (exact) mass is 229 g/mol. The summed E-state index contributed by atoms with van der Waals surface area (Å²) in [6, 6.07) is 0. The van der Waals surface area contributed by atoms with Crippen LogP contribution in [0.15, 0.2) is 0 Å². The highest BCUT2D eigenvalue weighted by Crippen LogP contribution is 2.14. The third kappa shape index (κ3) is 9.33. The Morgan fingerprint density at radius 3 is 2.60 bits per heavy atom. The zero-order chi connectivity index (χ0) is 11.9. The van der Waals surface area contributed by atoms with Crippen molar-refractivity contribution in [3.63, 3.8) is 0 Å². The molecule has 2 N–H and O–H groups in total. The zero-order valence-corrected chi connectivity index (χ0v) is 8.30. The van der Waals surface area contributed by atoms with E-state index in [2.05, 4.69) is 10.1 Å². The van der Waals surface area contributed by atoms with E-state index in [0.29, 0.717) is 6.42 Å². The fourth-order valence-corrected chi connectivity index (χ4v) is 0.743. The summed E-state index contributed by atoms with van der Waals surface area (Å²) in [5.74, 6) is 0. The molecule has 0 aromatic rings. The number of alkyl carbamates (subject to hydrolysis) is 1. The number of halogens is 3. The predicted octanol–water partition coefficient (Wildman–Crippen LogP) is 1.44. The first-order chi connectivity index (χ1) is 6.85. The molecule has 90 valence electrons. The molecule has 15 heavy (non-hydrogen) atoms. The molecule has 0 aliphatic heterocycles. The highest BCUT2D eigenvalue weighted by Gasteiger charge is 2.29. The van der Waals surface area contributed by atoms with Crippen LogP contribution in [0, 0.1) is 0 Å². The summed E-state index contributed by atoms with van der Waals surface area (Å²) in [6.07, 6.45) is -5.39. The van der Waals surface area contributed by atoms with E-state index in [0.717, 1.165) is 0 Å². The van der Waals surface area contributed by atoms with Crippen LogP contribution in [0.1, 0.15) is 19.8 Å². The van der Waals surface area contributed by atoms with E-state index in [9.17, 15) is 18.0 Å². The molecule has 0 aliphatic carbocycles. The van der Waals surface area contributed by atoms with Gasteiger partial charge in [-0.05, 0) is 12.8 Å². The van der Waals surface area contributed by atoms with E-state index in [1.54, 1.807) is 6.92 Å². The molecule has 0 heterocycles. The van der Waals surface area contributed by atoms with Crippen LogP contribution in [0.3, 0.4) is 0 Å². The first-order valence-electron chi connectivity index (χ1n) is 4.50. The second-order valence-electron chi connectivity index (χ2n) is 2.97. The van der Waals surface area contributed by atoms with E-state index >= 15 is 0 Å². The van der Waals surface area contributed by atoms with Gasteiger partial charge in [0.15, 0.2) is 6.61 Å². The third-order valence-electron chi connectivity index (χ3n) is 1.59. The highest BCUT2D eigenvalue weighted by molar-refractivity contribution is 5.67. The number of aliphatic hydroxyl groups excluding tert-OH is 1. The molecule has 4 nitrogen and oxygen atoms in total. The molecule has 0 saturated carbocycles. The Hall–Kier alpha value is -0.980. The van der Waals surface area contributed by atoms with Crippen LogP contribution in [-0.4, -0.2) is 36.6 Å². The molecule has 0 aliphatic rings. The number of alkyl halides is 3. The number of hydrogen-bond acceptors (Lipinski definition) is 3. The van der Waals surface area contributed by atoms with Crippen molar-refractivity contribution >= 4 is 6.09 Å². The largest absolute Gasteiger partial charge is 0.440 e. The molecular formula is C8H14F3NO3. The van der Waals surface area contributed by atoms with Gasteiger partial charge in [-0.2, -0.15) is 13.2 Å². The molecule has 0 saturated heterocycles. The van der Waals surface area contributed by atoms with Gasteiger partial charge in [0.05, 0.1) is 6.10 Å². The molecule has 0 spiro atoms. The van der Waals surface area contributed by atoms with Gasteiger partial charge < -0.3 is 15.2 Å². The lowest BCUT2D eigenvalue weighted by Crippen LogP contribution is -2.31. The van der Waals surface area contributed by atoms with Crippen molar-refractivity contribution < 1.29 is 27.8 Å². The van der Waals surface area contributed by atoms with Crippen molar-refractivity contribution in [3.05, 3.63) is 0 Å². The number of hydrogen-bond donors (Lipinski definition) is 2. The summed E-state index contributed by atoms with van der Waals surface area (Å²) < 4.78 is 38.6. The van der Waals surface area contributed by atoms with Crippen molar-refractivity contribution in [1.82, 2.24) is 5.32 Å². The lowest BCUT2D eigenvalue weighted by Gasteiger charge is -2.10. The number of carbonyl (C=O) groups is 1. The van der Waals surface area contributed by atoms with E-state index in [4.69, 9.17) is 5.11 Å². The Morgan fingerprint density at radius 1 is 1.53 bits per heavy atom. The average Bonchev–Trinajstić information content (AvgIpc) is 2.13. The van der Waals surface area contributed by atoms with Gasteiger partial charge in [0.25, 0.3) is 0 Å². The van der Waals surface area contributed by atoms with Crippen LogP contribution >= 0.6 is 0 Å². The topological polar surface area (TPSA) is 58.6 Å². The van der Waals surface area contributed by atoms with Gasteiger partial charge in [0.1, 0.15) is 0 Å². The van der Waals surface area contributed by atoms with E-state index in [1.165, 1.54) is 0 Å². The van der Waals surface area contributed by atoms with Crippen LogP contribution in [0.2, 0.25) is 0 Å². The van der Waals surface area contributed by atoms with Crippen LogP contribution in [-0.2, 0) is 4.74 Å². The smallest absolute Gasteiger partial charge is 0.422 e. The minimum Gasteiger partial charge on any atom is -0.440 e. The third-order valence-corrected chi connectivity index (χ3v) is 1.59. The number of nitrogens with one attached hydrogen (secondary N) is 1. The van der Waals surface area contributed by atoms with Crippen LogP contribution in [0.5, 0.6) is 0 Å². The standard InChI is InChI=1S/C8H14F3NO3/c1-2-6(13)3-4-12-7(14)15-5-8(9,10)11/h6,13H,2-5H2,1H3,(H,12,14). The molecule has 1 unspecified atom stereocenters. The SMILES string of the molecule is CCC(O)CCNC(=O)OCC(F)(F)F. The molecule has 0 bridgehead atoms.